The number of benzene rings is 1. The van der Waals surface area contributed by atoms with Crippen LogP contribution in [0.4, 0.5) is 0 Å². The van der Waals surface area contributed by atoms with Crippen molar-refractivity contribution in [1.82, 2.24) is 0 Å². The maximum absolute atomic E-state index is 5.21. The molecule has 1 aromatic carbocycles. The minimum Gasteiger partial charge on any atom is -0.380 e. The van der Waals surface area contributed by atoms with Gasteiger partial charge in [0.05, 0.1) is 6.61 Å². The Hall–Kier alpha value is -0.340. The molecular weight excluding hydrogens is 240 g/mol. The number of halogens is 1. The molecular formula is C12H15BrO. The molecule has 1 nitrogen and oxygen atoms in total. The minimum absolute atomic E-state index is 0.523. The molecule has 0 bridgehead atoms. The fraction of sp³-hybridized carbons (Fsp3) is 0.500. The van der Waals surface area contributed by atoms with Crippen molar-refractivity contribution in [3.8, 4) is 0 Å². The van der Waals surface area contributed by atoms with Gasteiger partial charge in [0.1, 0.15) is 0 Å². The van der Waals surface area contributed by atoms with Crippen molar-refractivity contribution in [3.05, 3.63) is 34.9 Å². The summed E-state index contributed by atoms with van der Waals surface area (Å²) in [4.78, 5) is 0.523. The number of hydrogen-bond acceptors (Lipinski definition) is 1. The summed E-state index contributed by atoms with van der Waals surface area (Å²) in [5, 5.41) is 0. The normalized spacial score (nSPS) is 25.1. The Labute approximate surface area is 93.6 Å². The van der Waals surface area contributed by atoms with E-state index in [4.69, 9.17) is 4.74 Å². The first-order valence-electron chi connectivity index (χ1n) is 4.97. The molecule has 0 saturated heterocycles. The zero-order chi connectivity index (χ0) is 10.1. The van der Waals surface area contributed by atoms with Crippen LogP contribution < -0.4 is 0 Å². The van der Waals surface area contributed by atoms with Crippen molar-refractivity contribution in [3.63, 3.8) is 0 Å². The monoisotopic (exact) mass is 254 g/mol. The molecule has 0 spiro atoms. The maximum Gasteiger partial charge on any atom is 0.0715 e. The van der Waals surface area contributed by atoms with Gasteiger partial charge in [0.15, 0.2) is 0 Å². The molecule has 0 heterocycles. The first kappa shape index (κ1) is 10.2. The van der Waals surface area contributed by atoms with Crippen LogP contribution in [0.3, 0.4) is 0 Å². The lowest BCUT2D eigenvalue weighted by atomic mass is 10.0. The van der Waals surface area contributed by atoms with Gasteiger partial charge in [-0.2, -0.15) is 0 Å². The predicted molar refractivity (Wildman–Crippen MR) is 61.7 cm³/mol. The highest BCUT2D eigenvalue weighted by Gasteiger charge is 2.28. The molecule has 1 aromatic rings. The van der Waals surface area contributed by atoms with E-state index in [1.807, 2.05) is 0 Å². The Morgan fingerprint density at radius 2 is 2.29 bits per heavy atom. The summed E-state index contributed by atoms with van der Waals surface area (Å²) >= 11 is 3.75. The fourth-order valence-corrected chi connectivity index (χ4v) is 2.80. The van der Waals surface area contributed by atoms with E-state index in [0.717, 1.165) is 6.61 Å². The van der Waals surface area contributed by atoms with Gasteiger partial charge in [-0.25, -0.2) is 0 Å². The van der Waals surface area contributed by atoms with E-state index >= 15 is 0 Å². The molecule has 1 aliphatic rings. The van der Waals surface area contributed by atoms with Gasteiger partial charge in [-0.05, 0) is 29.0 Å². The van der Waals surface area contributed by atoms with E-state index in [1.165, 1.54) is 23.1 Å². The third-order valence-electron chi connectivity index (χ3n) is 2.93. The molecule has 2 heteroatoms. The quantitative estimate of drug-likeness (QED) is 0.735. The Balaban J connectivity index is 2.40. The van der Waals surface area contributed by atoms with Crippen molar-refractivity contribution >= 4 is 15.9 Å². The smallest absolute Gasteiger partial charge is 0.0715 e. The van der Waals surface area contributed by atoms with Gasteiger partial charge in [0, 0.05) is 11.9 Å². The molecule has 0 saturated carbocycles. The summed E-state index contributed by atoms with van der Waals surface area (Å²) in [6, 6.07) is 6.51. The van der Waals surface area contributed by atoms with Crippen molar-refractivity contribution < 1.29 is 4.74 Å². The average molecular weight is 255 g/mol. The maximum atomic E-state index is 5.21. The largest absolute Gasteiger partial charge is 0.380 e. The molecule has 0 N–H and O–H groups in total. The van der Waals surface area contributed by atoms with Crippen LogP contribution in [0.1, 0.15) is 28.4 Å². The van der Waals surface area contributed by atoms with E-state index in [2.05, 4.69) is 41.1 Å². The van der Waals surface area contributed by atoms with E-state index < -0.39 is 0 Å². The van der Waals surface area contributed by atoms with Crippen LogP contribution in [0.15, 0.2) is 18.2 Å². The predicted octanol–water partition coefficient (Wildman–Crippen LogP) is 3.46. The Bertz CT molecular complexity index is 335. The molecule has 2 atom stereocenters. The fourth-order valence-electron chi connectivity index (χ4n) is 2.18. The van der Waals surface area contributed by atoms with Gasteiger partial charge < -0.3 is 4.74 Å². The molecule has 2 unspecified atom stereocenters. The molecule has 0 aliphatic heterocycles. The van der Waals surface area contributed by atoms with E-state index in [9.17, 15) is 0 Å². The molecule has 0 fully saturated rings. The average Bonchev–Trinajstić information content (AvgIpc) is 2.46. The molecule has 14 heavy (non-hydrogen) atoms. The third kappa shape index (κ3) is 1.61. The zero-order valence-corrected chi connectivity index (χ0v) is 10.2. The van der Waals surface area contributed by atoms with Crippen LogP contribution in [0.25, 0.3) is 0 Å². The van der Waals surface area contributed by atoms with Gasteiger partial charge in [0.2, 0.25) is 0 Å². The first-order valence-corrected chi connectivity index (χ1v) is 5.89. The van der Waals surface area contributed by atoms with Crippen molar-refractivity contribution in [2.45, 2.75) is 24.8 Å². The van der Waals surface area contributed by atoms with E-state index in [0.29, 0.717) is 10.7 Å². The molecule has 2 rings (SSSR count). The van der Waals surface area contributed by atoms with Crippen LogP contribution in [-0.4, -0.2) is 7.11 Å². The van der Waals surface area contributed by atoms with Crippen LogP contribution in [0.2, 0.25) is 0 Å². The summed E-state index contributed by atoms with van der Waals surface area (Å²) in [6.45, 7) is 3.02. The number of ether oxygens (including phenoxy) is 1. The number of fused-ring (bicyclic) bond motifs is 1. The number of methoxy groups -OCH3 is 1. The van der Waals surface area contributed by atoms with Crippen LogP contribution in [0.5, 0.6) is 0 Å². The highest BCUT2D eigenvalue weighted by Crippen LogP contribution is 2.43. The van der Waals surface area contributed by atoms with Gasteiger partial charge in [-0.15, -0.1) is 0 Å². The van der Waals surface area contributed by atoms with Gasteiger partial charge in [-0.3, -0.25) is 0 Å². The summed E-state index contributed by atoms with van der Waals surface area (Å²) in [5.41, 5.74) is 4.29. The summed E-state index contributed by atoms with van der Waals surface area (Å²) in [5.74, 6) is 0.697. The first-order chi connectivity index (χ1) is 6.74. The number of rotatable bonds is 2. The standard InChI is InChI=1S/C12H15BrO/c1-8-6-11-9(7-14-2)4-3-5-10(11)12(8)13/h3-5,8,12H,6-7H2,1-2H3. The highest BCUT2D eigenvalue weighted by atomic mass is 79.9. The Morgan fingerprint density at radius 3 is 3.00 bits per heavy atom. The van der Waals surface area contributed by atoms with Crippen molar-refractivity contribution in [1.29, 1.82) is 0 Å². The SMILES string of the molecule is COCc1cccc2c1CC(C)C2Br. The van der Waals surface area contributed by atoms with Gasteiger partial charge in [0.25, 0.3) is 0 Å². The van der Waals surface area contributed by atoms with E-state index in [1.54, 1.807) is 7.11 Å². The molecule has 0 amide bonds. The van der Waals surface area contributed by atoms with Crippen LogP contribution >= 0.6 is 15.9 Å². The Morgan fingerprint density at radius 1 is 1.50 bits per heavy atom. The second-order valence-corrected chi connectivity index (χ2v) is 4.99. The lowest BCUT2D eigenvalue weighted by Crippen LogP contribution is -1.95. The molecule has 76 valence electrons. The molecule has 0 radical (unpaired) electrons. The lowest BCUT2D eigenvalue weighted by Gasteiger charge is -2.08. The Kier molecular flexibility index (Phi) is 2.93. The third-order valence-corrected chi connectivity index (χ3v) is 4.33. The zero-order valence-electron chi connectivity index (χ0n) is 8.59. The van der Waals surface area contributed by atoms with E-state index in [-0.39, 0.29) is 0 Å². The summed E-state index contributed by atoms with van der Waals surface area (Å²) in [6.07, 6.45) is 1.17. The second kappa shape index (κ2) is 4.03. The van der Waals surface area contributed by atoms with Crippen LogP contribution in [0, 0.1) is 5.92 Å². The van der Waals surface area contributed by atoms with Crippen molar-refractivity contribution in [2.75, 3.05) is 7.11 Å². The molecule has 0 aromatic heterocycles. The number of hydrogen-bond donors (Lipinski definition) is 0. The topological polar surface area (TPSA) is 9.23 Å². The van der Waals surface area contributed by atoms with Gasteiger partial charge in [-0.1, -0.05) is 41.1 Å². The second-order valence-electron chi connectivity index (χ2n) is 4.00. The highest BCUT2D eigenvalue weighted by molar-refractivity contribution is 9.09. The summed E-state index contributed by atoms with van der Waals surface area (Å²) in [7, 11) is 1.75. The lowest BCUT2D eigenvalue weighted by molar-refractivity contribution is 0.184. The minimum atomic E-state index is 0.523. The van der Waals surface area contributed by atoms with Crippen molar-refractivity contribution in [2.24, 2.45) is 5.92 Å². The van der Waals surface area contributed by atoms with Crippen LogP contribution in [-0.2, 0) is 17.8 Å². The number of alkyl halides is 1. The summed E-state index contributed by atoms with van der Waals surface area (Å²) < 4.78 is 5.21. The van der Waals surface area contributed by atoms with Gasteiger partial charge >= 0.3 is 0 Å². The molecule has 1 aliphatic carbocycles.